The van der Waals surface area contributed by atoms with Gasteiger partial charge in [0, 0.05) is 21.3 Å². The third-order valence-electron chi connectivity index (χ3n) is 1.69. The Morgan fingerprint density at radius 1 is 1.20 bits per heavy atom. The highest BCUT2D eigenvalue weighted by atomic mass is 31.2. The van der Waals surface area contributed by atoms with Gasteiger partial charge in [0.2, 0.25) is 0 Å². The summed E-state index contributed by atoms with van der Waals surface area (Å²) in [6.07, 6.45) is 0.673. The van der Waals surface area contributed by atoms with E-state index in [2.05, 4.69) is 14.7 Å². The van der Waals surface area contributed by atoms with Gasteiger partial charge < -0.3 is 22.9 Å². The number of methoxy groups -OCH3 is 3. The molecule has 0 N–H and O–H groups in total. The summed E-state index contributed by atoms with van der Waals surface area (Å²) in [6, 6.07) is 0. The molecule has 1 unspecified atom stereocenters. The van der Waals surface area contributed by atoms with Gasteiger partial charge in [-0.1, -0.05) is 6.92 Å². The van der Waals surface area contributed by atoms with Crippen LogP contribution in [0.1, 0.15) is 13.3 Å². The molecule has 0 saturated carbocycles. The molecule has 0 aromatic rings. The van der Waals surface area contributed by atoms with E-state index in [1.807, 2.05) is 6.92 Å². The second kappa shape index (κ2) is 6.75. The molecular formula is C7H16O6PSi. The predicted molar refractivity (Wildman–Crippen MR) is 54.4 cm³/mol. The molecule has 0 rings (SSSR count). The average Bonchev–Trinajstić information content (AvgIpc) is 2.29. The number of rotatable bonds is 8. The monoisotopic (exact) mass is 255 g/mol. The van der Waals surface area contributed by atoms with Gasteiger partial charge in [0.15, 0.2) is 0 Å². The van der Waals surface area contributed by atoms with Crippen LogP contribution in [0.15, 0.2) is 0 Å². The summed E-state index contributed by atoms with van der Waals surface area (Å²) >= 11 is 0. The Bertz CT molecular complexity index is 211. The minimum Gasteiger partial charge on any atom is -0.347 e. The van der Waals surface area contributed by atoms with Gasteiger partial charge >= 0.3 is 13.3 Å². The third-order valence-corrected chi connectivity index (χ3v) is 4.40. The number of hydrogen-bond donors (Lipinski definition) is 0. The Balaban J connectivity index is 4.94. The second-order valence-corrected chi connectivity index (χ2v) is 5.09. The summed E-state index contributed by atoms with van der Waals surface area (Å²) in [6.45, 7) is 2.10. The molecule has 0 aliphatic carbocycles. The van der Waals surface area contributed by atoms with Crippen molar-refractivity contribution in [2.24, 2.45) is 0 Å². The predicted octanol–water partition coefficient (Wildman–Crippen LogP) is 1.26. The Kier molecular flexibility index (Phi) is 6.86. The summed E-state index contributed by atoms with van der Waals surface area (Å²) in [4.78, 5) is 0. The zero-order valence-electron chi connectivity index (χ0n) is 9.31. The average molecular weight is 255 g/mol. The molecule has 0 aliphatic rings. The molecule has 0 heterocycles. The minimum absolute atomic E-state index is 0.236. The molecule has 1 atom stereocenters. The summed E-state index contributed by atoms with van der Waals surface area (Å²) in [5.41, 5.74) is -1.86. The lowest BCUT2D eigenvalue weighted by molar-refractivity contribution is -0.301. The zero-order chi connectivity index (χ0) is 11.9. The van der Waals surface area contributed by atoms with Crippen LogP contribution >= 0.6 is 7.60 Å². The molecule has 0 fully saturated rings. The second-order valence-electron chi connectivity index (χ2n) is 2.56. The van der Waals surface area contributed by atoms with E-state index in [-0.39, 0.29) is 6.61 Å². The molecule has 3 radical (unpaired) electrons. The summed E-state index contributed by atoms with van der Waals surface area (Å²) in [5, 5.41) is 0. The first-order chi connectivity index (χ1) is 7.05. The highest BCUT2D eigenvalue weighted by Gasteiger charge is 2.53. The van der Waals surface area contributed by atoms with E-state index in [1.54, 1.807) is 0 Å². The molecular weight excluding hydrogens is 239 g/mol. The molecule has 0 aliphatic heterocycles. The van der Waals surface area contributed by atoms with Crippen molar-refractivity contribution in [2.45, 2.75) is 19.1 Å². The maximum Gasteiger partial charge on any atom is 0.410 e. The molecule has 6 nitrogen and oxygen atoms in total. The van der Waals surface area contributed by atoms with Crippen molar-refractivity contribution in [3.05, 3.63) is 0 Å². The Morgan fingerprint density at radius 3 is 1.93 bits per heavy atom. The SMILES string of the molecule is CCCOP(=O)(O[Si])C(OC)(OC)OC. The maximum atomic E-state index is 12.2. The zero-order valence-corrected chi connectivity index (χ0v) is 11.2. The standard InChI is InChI=1S/C7H16O6PSi/c1-5-6-12-14(8,13-15)7(9-2,10-3)11-4/h5-6H2,1-4H3. The van der Waals surface area contributed by atoms with Gasteiger partial charge in [-0.25, -0.2) is 0 Å². The first-order valence-corrected chi connectivity index (χ1v) is 6.26. The topological polar surface area (TPSA) is 63.2 Å². The Labute approximate surface area is 93.3 Å². The molecule has 0 spiro atoms. The van der Waals surface area contributed by atoms with Crippen LogP contribution < -0.4 is 0 Å². The van der Waals surface area contributed by atoms with Gasteiger partial charge in [0.25, 0.3) is 10.5 Å². The lowest BCUT2D eigenvalue weighted by Crippen LogP contribution is -2.37. The summed E-state index contributed by atoms with van der Waals surface area (Å²) in [7, 11) is 2.81. The van der Waals surface area contributed by atoms with E-state index in [4.69, 9.17) is 18.7 Å². The van der Waals surface area contributed by atoms with Crippen molar-refractivity contribution in [2.75, 3.05) is 27.9 Å². The van der Waals surface area contributed by atoms with Crippen LogP contribution in [0.2, 0.25) is 0 Å². The normalized spacial score (nSPS) is 16.3. The first kappa shape index (κ1) is 15.2. The van der Waals surface area contributed by atoms with E-state index >= 15 is 0 Å². The Morgan fingerprint density at radius 2 is 1.67 bits per heavy atom. The van der Waals surface area contributed by atoms with Crippen molar-refractivity contribution >= 4 is 18.1 Å². The van der Waals surface area contributed by atoms with Crippen molar-refractivity contribution in [3.63, 3.8) is 0 Å². The van der Waals surface area contributed by atoms with Crippen LogP contribution in [0, 0.1) is 0 Å². The molecule has 0 bridgehead atoms. The van der Waals surface area contributed by atoms with Crippen LogP contribution in [0.4, 0.5) is 0 Å². The van der Waals surface area contributed by atoms with E-state index in [9.17, 15) is 4.57 Å². The molecule has 0 saturated heterocycles. The number of ether oxygens (including phenoxy) is 3. The van der Waals surface area contributed by atoms with E-state index in [1.165, 1.54) is 21.3 Å². The first-order valence-electron chi connectivity index (χ1n) is 4.31. The van der Waals surface area contributed by atoms with E-state index < -0.39 is 13.3 Å². The minimum atomic E-state index is -3.71. The largest absolute Gasteiger partial charge is 0.410 e. The maximum absolute atomic E-state index is 12.2. The van der Waals surface area contributed by atoms with Crippen molar-refractivity contribution in [1.82, 2.24) is 0 Å². The molecule has 0 amide bonds. The molecule has 15 heavy (non-hydrogen) atoms. The fourth-order valence-corrected chi connectivity index (χ4v) is 2.87. The fraction of sp³-hybridized carbons (Fsp3) is 1.00. The van der Waals surface area contributed by atoms with Gasteiger partial charge in [-0.05, 0) is 6.42 Å². The lowest BCUT2D eigenvalue weighted by atomic mass is 10.5. The van der Waals surface area contributed by atoms with Crippen LogP contribution in [0.5, 0.6) is 0 Å². The number of hydrogen-bond acceptors (Lipinski definition) is 6. The smallest absolute Gasteiger partial charge is 0.347 e. The third kappa shape index (κ3) is 3.10. The van der Waals surface area contributed by atoms with Crippen molar-refractivity contribution in [1.29, 1.82) is 0 Å². The van der Waals surface area contributed by atoms with Crippen molar-refractivity contribution in [3.8, 4) is 0 Å². The fourth-order valence-electron chi connectivity index (χ4n) is 0.958. The molecule has 8 heteroatoms. The van der Waals surface area contributed by atoms with Crippen LogP contribution in [-0.2, 0) is 27.5 Å². The quantitative estimate of drug-likeness (QED) is 0.369. The highest BCUT2D eigenvalue weighted by molar-refractivity contribution is 7.55. The summed E-state index contributed by atoms with van der Waals surface area (Å²) < 4.78 is 36.6. The van der Waals surface area contributed by atoms with E-state index in [0.29, 0.717) is 6.42 Å². The van der Waals surface area contributed by atoms with Crippen LogP contribution in [0.3, 0.4) is 0 Å². The van der Waals surface area contributed by atoms with Gasteiger partial charge in [-0.15, -0.1) is 0 Å². The highest BCUT2D eigenvalue weighted by Crippen LogP contribution is 2.60. The van der Waals surface area contributed by atoms with Crippen molar-refractivity contribution < 1.29 is 27.5 Å². The molecule has 0 aromatic carbocycles. The summed E-state index contributed by atoms with van der Waals surface area (Å²) in [5.74, 6) is 0. The van der Waals surface area contributed by atoms with Gasteiger partial charge in [-0.2, -0.15) is 0 Å². The molecule has 89 valence electrons. The van der Waals surface area contributed by atoms with Crippen LogP contribution in [0.25, 0.3) is 0 Å². The lowest BCUT2D eigenvalue weighted by Gasteiger charge is -2.33. The van der Waals surface area contributed by atoms with Crippen LogP contribution in [-0.4, -0.2) is 44.1 Å². The van der Waals surface area contributed by atoms with E-state index in [0.717, 1.165) is 0 Å². The molecule has 0 aromatic heterocycles. The van der Waals surface area contributed by atoms with Gasteiger partial charge in [0.1, 0.15) is 0 Å². The van der Waals surface area contributed by atoms with Gasteiger partial charge in [0.05, 0.1) is 6.61 Å². The Hall–Kier alpha value is 0.247. The van der Waals surface area contributed by atoms with Gasteiger partial charge in [-0.3, -0.25) is 4.57 Å².